The van der Waals surface area contributed by atoms with Crippen molar-refractivity contribution in [2.24, 2.45) is 5.92 Å². The number of amides is 1. The molecule has 0 rings (SSSR count). The Kier molecular flexibility index (Phi) is 3.49. The average molecular weight is 161 g/mol. The number of hydrogen-bond acceptors (Lipinski definition) is 1. The van der Waals surface area contributed by atoms with Crippen molar-refractivity contribution in [3.63, 3.8) is 0 Å². The highest BCUT2D eigenvalue weighted by Gasteiger charge is 2.21. The topological polar surface area (TPSA) is 29.1 Å². The first-order valence-electron chi connectivity index (χ1n) is 3.77. The van der Waals surface area contributed by atoms with Gasteiger partial charge in [-0.3, -0.25) is 4.79 Å². The van der Waals surface area contributed by atoms with E-state index in [1.54, 1.807) is 27.7 Å². The van der Waals surface area contributed by atoms with Crippen molar-refractivity contribution < 1.29 is 9.18 Å². The summed E-state index contributed by atoms with van der Waals surface area (Å²) in [6.45, 7) is 6.35. The fourth-order valence-electron chi connectivity index (χ4n) is 0.511. The first kappa shape index (κ1) is 10.4. The van der Waals surface area contributed by atoms with E-state index in [2.05, 4.69) is 5.32 Å². The normalized spacial score (nSPS) is 11.8. The number of rotatable bonds is 3. The zero-order valence-electron chi connectivity index (χ0n) is 7.57. The summed E-state index contributed by atoms with van der Waals surface area (Å²) < 4.78 is 12.2. The molecule has 0 aromatic rings. The van der Waals surface area contributed by atoms with E-state index in [9.17, 15) is 9.18 Å². The van der Waals surface area contributed by atoms with Crippen LogP contribution in [0.3, 0.4) is 0 Å². The second kappa shape index (κ2) is 3.69. The molecule has 0 radical (unpaired) electrons. The highest BCUT2D eigenvalue weighted by atomic mass is 19.1. The van der Waals surface area contributed by atoms with Crippen molar-refractivity contribution in [1.82, 2.24) is 5.32 Å². The summed E-state index contributed by atoms with van der Waals surface area (Å²) in [5, 5.41) is 2.59. The summed E-state index contributed by atoms with van der Waals surface area (Å²) in [7, 11) is 0. The number of hydrogen-bond donors (Lipinski definition) is 1. The summed E-state index contributed by atoms with van der Waals surface area (Å²) >= 11 is 0. The van der Waals surface area contributed by atoms with Gasteiger partial charge in [0.05, 0.1) is 5.54 Å². The summed E-state index contributed by atoms with van der Waals surface area (Å²) in [6, 6.07) is 0. The Labute approximate surface area is 67.2 Å². The van der Waals surface area contributed by atoms with E-state index in [0.717, 1.165) is 0 Å². The van der Waals surface area contributed by atoms with Crippen LogP contribution < -0.4 is 5.32 Å². The van der Waals surface area contributed by atoms with Gasteiger partial charge < -0.3 is 5.32 Å². The second-order valence-electron chi connectivity index (χ2n) is 3.66. The van der Waals surface area contributed by atoms with Gasteiger partial charge in [-0.1, -0.05) is 13.8 Å². The standard InChI is InChI=1S/C8H16FNO/c1-6(2)7(11)10-8(3,4)5-9/h6H,5H2,1-4H3,(H,10,11). The number of halogens is 1. The maximum Gasteiger partial charge on any atom is 0.223 e. The SMILES string of the molecule is CC(C)C(=O)NC(C)(C)CF. The van der Waals surface area contributed by atoms with Gasteiger partial charge in [0.2, 0.25) is 5.91 Å². The van der Waals surface area contributed by atoms with Crippen molar-refractivity contribution in [1.29, 1.82) is 0 Å². The Bertz CT molecular complexity index is 143. The van der Waals surface area contributed by atoms with Crippen LogP contribution in [0, 0.1) is 5.92 Å². The summed E-state index contributed by atoms with van der Waals surface area (Å²) in [6.07, 6.45) is 0. The molecule has 2 nitrogen and oxygen atoms in total. The lowest BCUT2D eigenvalue weighted by Crippen LogP contribution is -2.46. The van der Waals surface area contributed by atoms with Gasteiger partial charge in [-0.2, -0.15) is 0 Å². The largest absolute Gasteiger partial charge is 0.348 e. The molecule has 3 heteroatoms. The molecule has 0 heterocycles. The summed E-state index contributed by atoms with van der Waals surface area (Å²) in [5.41, 5.74) is -0.721. The Balaban J connectivity index is 3.94. The maximum atomic E-state index is 12.2. The maximum absolute atomic E-state index is 12.2. The van der Waals surface area contributed by atoms with E-state index >= 15 is 0 Å². The summed E-state index contributed by atoms with van der Waals surface area (Å²) in [5.74, 6) is -0.187. The van der Waals surface area contributed by atoms with E-state index in [1.165, 1.54) is 0 Å². The van der Waals surface area contributed by atoms with Crippen LogP contribution in [-0.2, 0) is 4.79 Å². The smallest absolute Gasteiger partial charge is 0.223 e. The zero-order chi connectivity index (χ0) is 9.07. The molecule has 0 saturated carbocycles. The highest BCUT2D eigenvalue weighted by molar-refractivity contribution is 5.78. The van der Waals surface area contributed by atoms with Crippen LogP contribution in [0.4, 0.5) is 4.39 Å². The molecule has 0 atom stereocenters. The van der Waals surface area contributed by atoms with Gasteiger partial charge in [0.15, 0.2) is 0 Å². The van der Waals surface area contributed by atoms with E-state index in [1.807, 2.05) is 0 Å². The molecule has 0 spiro atoms. The lowest BCUT2D eigenvalue weighted by molar-refractivity contribution is -0.125. The van der Waals surface area contributed by atoms with E-state index in [4.69, 9.17) is 0 Å². The minimum atomic E-state index is -0.721. The number of nitrogens with one attached hydrogen (secondary N) is 1. The first-order chi connectivity index (χ1) is 4.89. The molecule has 0 unspecified atom stereocenters. The third-order valence-corrected chi connectivity index (χ3v) is 1.32. The van der Waals surface area contributed by atoms with Crippen molar-refractivity contribution in [3.05, 3.63) is 0 Å². The van der Waals surface area contributed by atoms with Crippen LogP contribution >= 0.6 is 0 Å². The van der Waals surface area contributed by atoms with Crippen LogP contribution in [0.2, 0.25) is 0 Å². The summed E-state index contributed by atoms with van der Waals surface area (Å²) in [4.78, 5) is 11.0. The molecule has 0 aliphatic carbocycles. The van der Waals surface area contributed by atoms with Crippen molar-refractivity contribution in [3.8, 4) is 0 Å². The number of alkyl halides is 1. The molecule has 0 fully saturated rings. The quantitative estimate of drug-likeness (QED) is 0.667. The van der Waals surface area contributed by atoms with Crippen LogP contribution in [0.15, 0.2) is 0 Å². The van der Waals surface area contributed by atoms with Crippen molar-refractivity contribution >= 4 is 5.91 Å². The van der Waals surface area contributed by atoms with Gasteiger partial charge in [-0.25, -0.2) is 4.39 Å². The van der Waals surface area contributed by atoms with Gasteiger partial charge in [0, 0.05) is 5.92 Å². The zero-order valence-corrected chi connectivity index (χ0v) is 7.57. The van der Waals surface area contributed by atoms with E-state index in [0.29, 0.717) is 0 Å². The van der Waals surface area contributed by atoms with Gasteiger partial charge in [0.1, 0.15) is 6.67 Å². The second-order valence-corrected chi connectivity index (χ2v) is 3.66. The van der Waals surface area contributed by atoms with Crippen LogP contribution in [-0.4, -0.2) is 18.1 Å². The van der Waals surface area contributed by atoms with Crippen molar-refractivity contribution in [2.45, 2.75) is 33.2 Å². The Morgan fingerprint density at radius 3 is 2.27 bits per heavy atom. The minimum Gasteiger partial charge on any atom is -0.348 e. The number of carbonyl (C=O) groups is 1. The van der Waals surface area contributed by atoms with Crippen LogP contribution in [0.5, 0.6) is 0 Å². The van der Waals surface area contributed by atoms with Crippen LogP contribution in [0.25, 0.3) is 0 Å². The lowest BCUT2D eigenvalue weighted by Gasteiger charge is -2.23. The molecule has 66 valence electrons. The molecular weight excluding hydrogens is 145 g/mol. The fraction of sp³-hybridized carbons (Fsp3) is 0.875. The number of carbonyl (C=O) groups excluding carboxylic acids is 1. The van der Waals surface area contributed by atoms with Gasteiger partial charge >= 0.3 is 0 Å². The van der Waals surface area contributed by atoms with Crippen LogP contribution in [0.1, 0.15) is 27.7 Å². The predicted octanol–water partition coefficient (Wildman–Crippen LogP) is 1.51. The third-order valence-electron chi connectivity index (χ3n) is 1.32. The molecule has 0 aliphatic rings. The lowest BCUT2D eigenvalue weighted by atomic mass is 10.1. The Morgan fingerprint density at radius 1 is 1.55 bits per heavy atom. The third kappa shape index (κ3) is 3.96. The molecule has 0 aromatic carbocycles. The van der Waals surface area contributed by atoms with Gasteiger partial charge in [-0.05, 0) is 13.8 Å². The molecule has 0 saturated heterocycles. The van der Waals surface area contributed by atoms with E-state index < -0.39 is 12.2 Å². The molecule has 0 bridgehead atoms. The van der Waals surface area contributed by atoms with Crippen molar-refractivity contribution in [2.75, 3.05) is 6.67 Å². The molecule has 0 aromatic heterocycles. The van der Waals surface area contributed by atoms with E-state index in [-0.39, 0.29) is 11.8 Å². The Hall–Kier alpha value is -0.600. The molecule has 1 N–H and O–H groups in total. The monoisotopic (exact) mass is 161 g/mol. The highest BCUT2D eigenvalue weighted by Crippen LogP contribution is 2.04. The molecule has 1 amide bonds. The molecule has 11 heavy (non-hydrogen) atoms. The molecule has 0 aliphatic heterocycles. The average Bonchev–Trinajstić information content (AvgIpc) is 1.87. The fourth-order valence-corrected chi connectivity index (χ4v) is 0.511. The predicted molar refractivity (Wildman–Crippen MR) is 43.0 cm³/mol. The molecular formula is C8H16FNO. The van der Waals surface area contributed by atoms with Gasteiger partial charge in [-0.15, -0.1) is 0 Å². The minimum absolute atomic E-state index is 0.0826. The Morgan fingerprint density at radius 2 is 2.00 bits per heavy atom. The van der Waals surface area contributed by atoms with Gasteiger partial charge in [0.25, 0.3) is 0 Å². The first-order valence-corrected chi connectivity index (χ1v) is 3.77.